The van der Waals surface area contributed by atoms with Crippen LogP contribution in [-0.2, 0) is 4.79 Å². The second-order valence-corrected chi connectivity index (χ2v) is 6.55. The Morgan fingerprint density at radius 1 is 1.23 bits per heavy atom. The molecule has 0 atom stereocenters. The summed E-state index contributed by atoms with van der Waals surface area (Å²) in [6.45, 7) is 11.2. The molecular formula is C16H25N5O. The molecule has 1 N–H and O–H groups in total. The number of aromatic nitrogens is 2. The van der Waals surface area contributed by atoms with Crippen molar-refractivity contribution in [3.63, 3.8) is 0 Å². The van der Waals surface area contributed by atoms with Gasteiger partial charge in [0.25, 0.3) is 0 Å². The van der Waals surface area contributed by atoms with Crippen LogP contribution >= 0.6 is 0 Å². The van der Waals surface area contributed by atoms with Crippen molar-refractivity contribution in [2.45, 2.75) is 26.7 Å². The number of carbonyl (C=O) groups excluding carboxylic acids is 1. The van der Waals surface area contributed by atoms with Crippen LogP contribution in [0, 0.1) is 12.8 Å². The molecule has 2 aliphatic heterocycles. The Morgan fingerprint density at radius 3 is 2.45 bits per heavy atom. The lowest BCUT2D eigenvalue weighted by Gasteiger charge is -2.39. The third-order valence-electron chi connectivity index (χ3n) is 4.42. The van der Waals surface area contributed by atoms with Crippen LogP contribution < -0.4 is 10.2 Å². The van der Waals surface area contributed by atoms with Crippen molar-refractivity contribution in [3.05, 3.63) is 17.6 Å². The summed E-state index contributed by atoms with van der Waals surface area (Å²) in [5.74, 6) is 2.72. The van der Waals surface area contributed by atoms with Crippen LogP contribution in [-0.4, -0.2) is 60.0 Å². The Morgan fingerprint density at radius 2 is 1.91 bits per heavy atom. The van der Waals surface area contributed by atoms with E-state index in [9.17, 15) is 4.79 Å². The fourth-order valence-corrected chi connectivity index (χ4v) is 2.87. The first-order chi connectivity index (χ1) is 10.5. The molecule has 0 aromatic carbocycles. The van der Waals surface area contributed by atoms with Crippen LogP contribution in [0.25, 0.3) is 0 Å². The van der Waals surface area contributed by atoms with Gasteiger partial charge >= 0.3 is 0 Å². The first-order valence-corrected chi connectivity index (χ1v) is 8.14. The van der Waals surface area contributed by atoms with Crippen LogP contribution in [0.1, 0.15) is 31.3 Å². The minimum Gasteiger partial charge on any atom is -0.353 e. The maximum atomic E-state index is 12.3. The molecule has 1 aromatic heterocycles. The Bertz CT molecular complexity index is 547. The summed E-state index contributed by atoms with van der Waals surface area (Å²) in [7, 11) is 0. The summed E-state index contributed by atoms with van der Waals surface area (Å²) in [6.07, 6.45) is 0. The molecule has 2 saturated heterocycles. The first kappa shape index (κ1) is 15.2. The molecule has 3 rings (SSSR count). The standard InChI is InChI=1S/C16H25N5O/c1-11(2)15-18-12(3)8-14(19-15)20-4-6-21(7-5-20)16(22)13-9-17-10-13/h8,11,13,17H,4-7,9-10H2,1-3H3. The molecule has 22 heavy (non-hydrogen) atoms. The van der Waals surface area contributed by atoms with Gasteiger partial charge in [0, 0.05) is 56.9 Å². The van der Waals surface area contributed by atoms with Gasteiger partial charge in [0.05, 0.1) is 5.92 Å². The predicted molar refractivity (Wildman–Crippen MR) is 86.0 cm³/mol. The molecule has 1 amide bonds. The monoisotopic (exact) mass is 303 g/mol. The molecule has 0 unspecified atom stereocenters. The molecule has 0 spiro atoms. The molecule has 6 nitrogen and oxygen atoms in total. The third kappa shape index (κ3) is 3.06. The molecule has 120 valence electrons. The molecule has 0 saturated carbocycles. The smallest absolute Gasteiger partial charge is 0.228 e. The summed E-state index contributed by atoms with van der Waals surface area (Å²) in [5, 5.41) is 3.16. The highest BCUT2D eigenvalue weighted by Gasteiger charge is 2.31. The minimum atomic E-state index is 0.195. The van der Waals surface area contributed by atoms with Crippen molar-refractivity contribution >= 4 is 11.7 Å². The average molecular weight is 303 g/mol. The number of piperazine rings is 1. The highest BCUT2D eigenvalue weighted by atomic mass is 16.2. The SMILES string of the molecule is Cc1cc(N2CCN(C(=O)C3CNC3)CC2)nc(C(C)C)n1. The fraction of sp³-hybridized carbons (Fsp3) is 0.688. The van der Waals surface area contributed by atoms with Crippen molar-refractivity contribution in [1.82, 2.24) is 20.2 Å². The zero-order valence-electron chi connectivity index (χ0n) is 13.7. The van der Waals surface area contributed by atoms with E-state index >= 15 is 0 Å². The Balaban J connectivity index is 1.64. The number of hydrogen-bond donors (Lipinski definition) is 1. The molecule has 6 heteroatoms. The van der Waals surface area contributed by atoms with Crippen LogP contribution in [0.3, 0.4) is 0 Å². The second-order valence-electron chi connectivity index (χ2n) is 6.55. The quantitative estimate of drug-likeness (QED) is 0.894. The maximum absolute atomic E-state index is 12.3. The van der Waals surface area contributed by atoms with Crippen LogP contribution in [0.15, 0.2) is 6.07 Å². The van der Waals surface area contributed by atoms with Gasteiger partial charge in [0.15, 0.2) is 0 Å². The summed E-state index contributed by atoms with van der Waals surface area (Å²) in [6, 6.07) is 2.04. The maximum Gasteiger partial charge on any atom is 0.228 e. The first-order valence-electron chi connectivity index (χ1n) is 8.14. The number of aryl methyl sites for hydroxylation is 1. The van der Waals surface area contributed by atoms with Crippen molar-refractivity contribution in [2.75, 3.05) is 44.2 Å². The van der Waals surface area contributed by atoms with Crippen molar-refractivity contribution < 1.29 is 4.79 Å². The van der Waals surface area contributed by atoms with Gasteiger partial charge in [-0.3, -0.25) is 4.79 Å². The predicted octanol–water partition coefficient (Wildman–Crippen LogP) is 0.776. The molecule has 0 bridgehead atoms. The van der Waals surface area contributed by atoms with E-state index in [0.29, 0.717) is 11.8 Å². The lowest BCUT2D eigenvalue weighted by molar-refractivity contribution is -0.137. The van der Waals surface area contributed by atoms with Gasteiger partial charge in [-0.2, -0.15) is 0 Å². The Hall–Kier alpha value is -1.69. The van der Waals surface area contributed by atoms with Crippen molar-refractivity contribution in [3.8, 4) is 0 Å². The Labute approximate surface area is 131 Å². The summed E-state index contributed by atoms with van der Waals surface area (Å²) >= 11 is 0. The fourth-order valence-electron chi connectivity index (χ4n) is 2.87. The lowest BCUT2D eigenvalue weighted by Crippen LogP contribution is -2.56. The van der Waals surface area contributed by atoms with Crippen molar-refractivity contribution in [2.24, 2.45) is 5.92 Å². The van der Waals surface area contributed by atoms with E-state index in [1.165, 1.54) is 0 Å². The molecular weight excluding hydrogens is 278 g/mol. The number of amides is 1. The third-order valence-corrected chi connectivity index (χ3v) is 4.42. The van der Waals surface area contributed by atoms with E-state index in [-0.39, 0.29) is 5.92 Å². The number of hydrogen-bond acceptors (Lipinski definition) is 5. The van der Waals surface area contributed by atoms with Gasteiger partial charge in [-0.05, 0) is 6.92 Å². The molecule has 2 aliphatic rings. The number of anilines is 1. The highest BCUT2D eigenvalue weighted by molar-refractivity contribution is 5.80. The van der Waals surface area contributed by atoms with Crippen LogP contribution in [0.2, 0.25) is 0 Å². The minimum absolute atomic E-state index is 0.195. The van der Waals surface area contributed by atoms with Gasteiger partial charge in [-0.15, -0.1) is 0 Å². The normalized spacial score (nSPS) is 19.5. The molecule has 2 fully saturated rings. The van der Waals surface area contributed by atoms with E-state index in [0.717, 1.165) is 56.6 Å². The Kier molecular flexibility index (Phi) is 4.29. The van der Waals surface area contributed by atoms with E-state index in [1.54, 1.807) is 0 Å². The van der Waals surface area contributed by atoms with Gasteiger partial charge in [0.1, 0.15) is 11.6 Å². The molecule has 0 aliphatic carbocycles. The zero-order valence-corrected chi connectivity index (χ0v) is 13.7. The van der Waals surface area contributed by atoms with Gasteiger partial charge < -0.3 is 15.1 Å². The second kappa shape index (κ2) is 6.20. The van der Waals surface area contributed by atoms with Gasteiger partial charge in [-0.1, -0.05) is 13.8 Å². The van der Waals surface area contributed by atoms with Crippen molar-refractivity contribution in [1.29, 1.82) is 0 Å². The number of carbonyl (C=O) groups is 1. The van der Waals surface area contributed by atoms with E-state index in [2.05, 4.69) is 29.0 Å². The summed E-state index contributed by atoms with van der Waals surface area (Å²) in [4.78, 5) is 25.7. The van der Waals surface area contributed by atoms with Crippen LogP contribution in [0.4, 0.5) is 5.82 Å². The van der Waals surface area contributed by atoms with Crippen LogP contribution in [0.5, 0.6) is 0 Å². The van der Waals surface area contributed by atoms with E-state index in [1.807, 2.05) is 17.9 Å². The topological polar surface area (TPSA) is 61.4 Å². The summed E-state index contributed by atoms with van der Waals surface area (Å²) in [5.41, 5.74) is 1.01. The molecule has 0 radical (unpaired) electrons. The highest BCUT2D eigenvalue weighted by Crippen LogP contribution is 2.19. The average Bonchev–Trinajstić information content (AvgIpc) is 2.45. The van der Waals surface area contributed by atoms with E-state index < -0.39 is 0 Å². The summed E-state index contributed by atoms with van der Waals surface area (Å²) < 4.78 is 0. The van der Waals surface area contributed by atoms with E-state index in [4.69, 9.17) is 4.98 Å². The van der Waals surface area contributed by atoms with Gasteiger partial charge in [0.2, 0.25) is 5.91 Å². The molecule has 1 aromatic rings. The zero-order chi connectivity index (χ0) is 15.7. The lowest BCUT2D eigenvalue weighted by atomic mass is 10.0. The largest absolute Gasteiger partial charge is 0.353 e. The number of rotatable bonds is 3. The van der Waals surface area contributed by atoms with Gasteiger partial charge in [-0.25, -0.2) is 9.97 Å². The molecule has 3 heterocycles. The number of nitrogens with one attached hydrogen (secondary N) is 1. The number of nitrogens with zero attached hydrogens (tertiary/aromatic N) is 4.